The zero-order valence-corrected chi connectivity index (χ0v) is 17.4. The first-order valence-corrected chi connectivity index (χ1v) is 11.1. The van der Waals surface area contributed by atoms with Gasteiger partial charge in [0.2, 0.25) is 10.0 Å². The molecule has 0 radical (unpaired) electrons. The molecule has 0 saturated heterocycles. The molecule has 10 heteroatoms. The first-order valence-electron chi connectivity index (χ1n) is 9.46. The number of benzene rings is 1. The van der Waals surface area contributed by atoms with Crippen LogP contribution in [0.2, 0.25) is 0 Å². The van der Waals surface area contributed by atoms with Crippen LogP contribution in [0.25, 0.3) is 22.2 Å². The molecule has 0 amide bonds. The number of anilines is 1. The third-order valence-corrected chi connectivity index (χ3v) is 6.22. The number of hydrogen-bond acceptors (Lipinski definition) is 6. The van der Waals surface area contributed by atoms with Crippen molar-refractivity contribution in [1.29, 1.82) is 0 Å². The van der Waals surface area contributed by atoms with Crippen LogP contribution < -0.4 is 15.0 Å². The van der Waals surface area contributed by atoms with E-state index in [1.54, 1.807) is 45.4 Å². The second-order valence-electron chi connectivity index (χ2n) is 7.32. The van der Waals surface area contributed by atoms with Gasteiger partial charge in [0.15, 0.2) is 5.52 Å². The van der Waals surface area contributed by atoms with E-state index in [4.69, 9.17) is 4.74 Å². The fourth-order valence-corrected chi connectivity index (χ4v) is 3.71. The number of ether oxygens (including phenoxy) is 1. The summed E-state index contributed by atoms with van der Waals surface area (Å²) < 4.78 is 34.1. The van der Waals surface area contributed by atoms with Crippen LogP contribution in [0.3, 0.4) is 0 Å². The van der Waals surface area contributed by atoms with Gasteiger partial charge in [-0.2, -0.15) is 9.90 Å². The van der Waals surface area contributed by atoms with E-state index in [1.807, 2.05) is 0 Å². The molecule has 2 heterocycles. The van der Waals surface area contributed by atoms with E-state index >= 15 is 0 Å². The van der Waals surface area contributed by atoms with Gasteiger partial charge in [0.05, 0.1) is 12.4 Å². The first-order chi connectivity index (χ1) is 13.8. The highest BCUT2D eigenvalue weighted by molar-refractivity contribution is 7.92. The fraction of sp³-hybridized carbons (Fsp3) is 0.421. The second kappa shape index (κ2) is 7.18. The van der Waals surface area contributed by atoms with Gasteiger partial charge in [-0.25, -0.2) is 8.42 Å². The molecule has 1 aromatic carbocycles. The SMILES string of the molecule is CCS(=O)(=O)Nc1ccc(OCC2CC2)c(-c2cn(C)c(=O)c3nn(C)nc23)c1. The van der Waals surface area contributed by atoms with Crippen LogP contribution in [0.5, 0.6) is 5.75 Å². The number of aryl methyl sites for hydroxylation is 2. The topological polar surface area (TPSA) is 108 Å². The van der Waals surface area contributed by atoms with E-state index in [9.17, 15) is 13.2 Å². The lowest BCUT2D eigenvalue weighted by molar-refractivity contribution is 0.301. The van der Waals surface area contributed by atoms with E-state index in [1.165, 1.54) is 9.36 Å². The summed E-state index contributed by atoms with van der Waals surface area (Å²) in [7, 11) is -0.132. The Labute approximate surface area is 168 Å². The predicted molar refractivity (Wildman–Crippen MR) is 110 cm³/mol. The number of nitrogens with one attached hydrogen (secondary N) is 1. The van der Waals surface area contributed by atoms with Crippen molar-refractivity contribution in [3.05, 3.63) is 34.7 Å². The lowest BCUT2D eigenvalue weighted by Gasteiger charge is -2.15. The third kappa shape index (κ3) is 3.98. The lowest BCUT2D eigenvalue weighted by Crippen LogP contribution is -2.17. The predicted octanol–water partition coefficient (Wildman–Crippen LogP) is 1.88. The van der Waals surface area contributed by atoms with Crippen molar-refractivity contribution in [1.82, 2.24) is 19.6 Å². The van der Waals surface area contributed by atoms with Crippen LogP contribution in [-0.4, -0.2) is 40.3 Å². The highest BCUT2D eigenvalue weighted by Gasteiger charge is 2.24. The quantitative estimate of drug-likeness (QED) is 0.629. The fourth-order valence-electron chi connectivity index (χ4n) is 3.08. The molecule has 1 saturated carbocycles. The molecule has 0 atom stereocenters. The minimum absolute atomic E-state index is 0.0312. The standard InChI is InChI=1S/C19H23N5O4S/c1-4-29(26,27)22-13-7-8-16(28-11-12-5-6-12)14(9-13)15-10-23(2)19(25)18-17(15)20-24(3)21-18/h7-10,12,22H,4-6,11H2,1-3H3. The van der Waals surface area contributed by atoms with Gasteiger partial charge < -0.3 is 9.30 Å². The number of aromatic nitrogens is 4. The van der Waals surface area contributed by atoms with Gasteiger partial charge in [0.1, 0.15) is 11.3 Å². The number of fused-ring (bicyclic) bond motifs is 1. The van der Waals surface area contributed by atoms with Gasteiger partial charge >= 0.3 is 0 Å². The van der Waals surface area contributed by atoms with Crippen molar-refractivity contribution in [2.24, 2.45) is 20.0 Å². The monoisotopic (exact) mass is 417 g/mol. The molecule has 0 spiro atoms. The normalized spacial score (nSPS) is 14.3. The number of hydrogen-bond donors (Lipinski definition) is 1. The second-order valence-corrected chi connectivity index (χ2v) is 9.33. The third-order valence-electron chi connectivity index (χ3n) is 4.91. The molecular weight excluding hydrogens is 394 g/mol. The van der Waals surface area contributed by atoms with Crippen LogP contribution in [0, 0.1) is 5.92 Å². The maximum atomic E-state index is 12.5. The smallest absolute Gasteiger partial charge is 0.280 e. The maximum Gasteiger partial charge on any atom is 0.280 e. The van der Waals surface area contributed by atoms with Gasteiger partial charge in [0.25, 0.3) is 5.56 Å². The highest BCUT2D eigenvalue weighted by atomic mass is 32.2. The summed E-state index contributed by atoms with van der Waals surface area (Å²) in [5.41, 5.74) is 2.18. The molecule has 3 aromatic rings. The number of pyridine rings is 1. The van der Waals surface area contributed by atoms with Gasteiger partial charge in [-0.3, -0.25) is 9.52 Å². The van der Waals surface area contributed by atoms with Crippen molar-refractivity contribution in [2.45, 2.75) is 19.8 Å². The van der Waals surface area contributed by atoms with Crippen molar-refractivity contribution >= 4 is 26.7 Å². The summed E-state index contributed by atoms with van der Waals surface area (Å²) in [4.78, 5) is 13.8. The van der Waals surface area contributed by atoms with Crippen molar-refractivity contribution in [2.75, 3.05) is 17.1 Å². The van der Waals surface area contributed by atoms with Crippen molar-refractivity contribution < 1.29 is 13.2 Å². The maximum absolute atomic E-state index is 12.5. The summed E-state index contributed by atoms with van der Waals surface area (Å²) >= 11 is 0. The number of sulfonamides is 1. The number of nitrogens with zero attached hydrogens (tertiary/aromatic N) is 4. The van der Waals surface area contributed by atoms with Crippen molar-refractivity contribution in [3.63, 3.8) is 0 Å². The van der Waals surface area contributed by atoms with E-state index in [0.29, 0.717) is 40.6 Å². The molecule has 4 rings (SSSR count). The van der Waals surface area contributed by atoms with E-state index in [-0.39, 0.29) is 16.8 Å². The molecule has 1 aliphatic rings. The van der Waals surface area contributed by atoms with Crippen LogP contribution >= 0.6 is 0 Å². The largest absolute Gasteiger partial charge is 0.493 e. The molecular formula is C19H23N5O4S. The summed E-state index contributed by atoms with van der Waals surface area (Å²) in [6, 6.07) is 5.14. The molecule has 2 aromatic heterocycles. The molecule has 0 bridgehead atoms. The molecule has 9 nitrogen and oxygen atoms in total. The van der Waals surface area contributed by atoms with Gasteiger partial charge in [0, 0.05) is 37.1 Å². The minimum Gasteiger partial charge on any atom is -0.493 e. The van der Waals surface area contributed by atoms with Crippen LogP contribution in [0.1, 0.15) is 19.8 Å². The van der Waals surface area contributed by atoms with E-state index < -0.39 is 10.0 Å². The Morgan fingerprint density at radius 3 is 2.59 bits per heavy atom. The number of rotatable bonds is 7. The van der Waals surface area contributed by atoms with Crippen LogP contribution in [0.15, 0.2) is 29.2 Å². The lowest BCUT2D eigenvalue weighted by atomic mass is 10.0. The summed E-state index contributed by atoms with van der Waals surface area (Å²) in [5.74, 6) is 1.14. The van der Waals surface area contributed by atoms with E-state index in [0.717, 1.165) is 12.8 Å². The molecule has 0 unspecified atom stereocenters. The van der Waals surface area contributed by atoms with Gasteiger partial charge in [-0.05, 0) is 43.9 Å². The van der Waals surface area contributed by atoms with Gasteiger partial charge in [-0.1, -0.05) is 0 Å². The zero-order chi connectivity index (χ0) is 20.8. The molecule has 29 heavy (non-hydrogen) atoms. The summed E-state index contributed by atoms with van der Waals surface area (Å²) in [5, 5.41) is 8.55. The molecule has 1 fully saturated rings. The van der Waals surface area contributed by atoms with Crippen LogP contribution in [-0.2, 0) is 24.1 Å². The average molecular weight is 417 g/mol. The minimum atomic E-state index is -3.43. The van der Waals surface area contributed by atoms with Crippen molar-refractivity contribution in [3.8, 4) is 16.9 Å². The molecule has 154 valence electrons. The molecule has 1 N–H and O–H groups in total. The summed E-state index contributed by atoms with van der Waals surface area (Å²) in [6.07, 6.45) is 3.98. The Bertz CT molecular complexity index is 1240. The van der Waals surface area contributed by atoms with Gasteiger partial charge in [-0.15, -0.1) is 5.10 Å². The Morgan fingerprint density at radius 1 is 1.17 bits per heavy atom. The van der Waals surface area contributed by atoms with Crippen LogP contribution in [0.4, 0.5) is 5.69 Å². The Balaban J connectivity index is 1.88. The van der Waals surface area contributed by atoms with E-state index in [2.05, 4.69) is 14.9 Å². The molecule has 0 aliphatic heterocycles. The summed E-state index contributed by atoms with van der Waals surface area (Å²) in [6.45, 7) is 2.18. The average Bonchev–Trinajstić information content (AvgIpc) is 3.43. The Kier molecular flexibility index (Phi) is 4.81. The zero-order valence-electron chi connectivity index (χ0n) is 16.5. The molecule has 1 aliphatic carbocycles. The Hall–Kier alpha value is -2.88. The highest BCUT2D eigenvalue weighted by Crippen LogP contribution is 2.37. The first kappa shape index (κ1) is 19.4. The Morgan fingerprint density at radius 2 is 1.90 bits per heavy atom.